The van der Waals surface area contributed by atoms with E-state index in [0.29, 0.717) is 5.69 Å². The molecular formula is C17H17FN2. The molecule has 1 aliphatic rings. The van der Waals surface area contributed by atoms with Crippen LogP contribution in [0.4, 0.5) is 15.8 Å². The van der Waals surface area contributed by atoms with E-state index in [0.717, 1.165) is 11.3 Å². The van der Waals surface area contributed by atoms with Crippen LogP contribution in [0.3, 0.4) is 0 Å². The fourth-order valence-corrected chi connectivity index (χ4v) is 2.38. The van der Waals surface area contributed by atoms with Crippen LogP contribution in [0.1, 0.15) is 15.2 Å². The SMILES string of the molecule is [2H]C1=C([2H])N(c2cc(F)ccc2C)[C@@H](C)N1c1ccccc1. The van der Waals surface area contributed by atoms with Crippen LogP contribution < -0.4 is 9.80 Å². The Labute approximate surface area is 121 Å². The molecule has 1 atom stereocenters. The van der Waals surface area contributed by atoms with Crippen molar-refractivity contribution in [2.24, 2.45) is 0 Å². The minimum atomic E-state index is -0.342. The predicted molar refractivity (Wildman–Crippen MR) is 81.1 cm³/mol. The van der Waals surface area contributed by atoms with Gasteiger partial charge in [-0.2, -0.15) is 0 Å². The Kier molecular flexibility index (Phi) is 2.62. The minimum absolute atomic E-state index is 0.0741. The van der Waals surface area contributed by atoms with Crippen molar-refractivity contribution in [3.05, 3.63) is 72.3 Å². The van der Waals surface area contributed by atoms with Crippen molar-refractivity contribution in [2.45, 2.75) is 20.0 Å². The van der Waals surface area contributed by atoms with Crippen molar-refractivity contribution in [3.8, 4) is 0 Å². The lowest BCUT2D eigenvalue weighted by molar-refractivity contribution is 0.625. The molecule has 0 unspecified atom stereocenters. The second kappa shape index (κ2) is 5.00. The smallest absolute Gasteiger partial charge is 0.125 e. The standard InChI is InChI=1S/C17H17FN2/c1-13-8-9-15(18)12-17(13)20-11-10-19(14(20)2)16-6-4-3-5-7-16/h3-12,14H,1-2H3/t14-/m0/s1/i10D,11D. The molecule has 1 aliphatic heterocycles. The summed E-state index contributed by atoms with van der Waals surface area (Å²) in [5.41, 5.74) is 2.35. The van der Waals surface area contributed by atoms with Crippen LogP contribution in [0.25, 0.3) is 0 Å². The number of anilines is 2. The number of aryl methyl sites for hydroxylation is 1. The van der Waals surface area contributed by atoms with Crippen LogP contribution in [-0.4, -0.2) is 6.17 Å². The average Bonchev–Trinajstić information content (AvgIpc) is 2.73. The first-order chi connectivity index (χ1) is 10.5. The molecule has 0 saturated carbocycles. The van der Waals surface area contributed by atoms with E-state index in [1.54, 1.807) is 15.9 Å². The first kappa shape index (κ1) is 10.5. The Morgan fingerprint density at radius 1 is 1.05 bits per heavy atom. The summed E-state index contributed by atoms with van der Waals surface area (Å²) in [7, 11) is 0. The number of rotatable bonds is 2. The molecule has 0 fully saturated rings. The zero-order valence-corrected chi connectivity index (χ0v) is 11.5. The van der Waals surface area contributed by atoms with Crippen LogP contribution in [0.5, 0.6) is 0 Å². The molecule has 2 aromatic rings. The van der Waals surface area contributed by atoms with Gasteiger partial charge in [0.15, 0.2) is 0 Å². The molecule has 0 amide bonds. The normalized spacial score (nSPS) is 20.2. The highest BCUT2D eigenvalue weighted by Gasteiger charge is 2.25. The van der Waals surface area contributed by atoms with Crippen molar-refractivity contribution in [3.63, 3.8) is 0 Å². The average molecular weight is 270 g/mol. The zero-order chi connectivity index (χ0) is 15.9. The van der Waals surface area contributed by atoms with Crippen molar-refractivity contribution in [1.29, 1.82) is 0 Å². The summed E-state index contributed by atoms with van der Waals surface area (Å²) < 4.78 is 30.1. The number of nitrogens with zero attached hydrogens (tertiary/aromatic N) is 2. The number of benzene rings is 2. The van der Waals surface area contributed by atoms with E-state index in [1.807, 2.05) is 44.2 Å². The van der Waals surface area contributed by atoms with Gasteiger partial charge in [-0.15, -0.1) is 0 Å². The summed E-state index contributed by atoms with van der Waals surface area (Å²) in [6.45, 7) is 3.79. The highest BCUT2D eigenvalue weighted by Crippen LogP contribution is 2.31. The van der Waals surface area contributed by atoms with Gasteiger partial charge in [-0.1, -0.05) is 24.3 Å². The van der Waals surface area contributed by atoms with Gasteiger partial charge in [0.2, 0.25) is 0 Å². The van der Waals surface area contributed by atoms with Crippen LogP contribution in [-0.2, 0) is 0 Å². The molecule has 2 aromatic carbocycles. The van der Waals surface area contributed by atoms with Crippen LogP contribution >= 0.6 is 0 Å². The highest BCUT2D eigenvalue weighted by molar-refractivity contribution is 5.63. The molecular weight excluding hydrogens is 251 g/mol. The first-order valence-electron chi connectivity index (χ1n) is 7.58. The summed E-state index contributed by atoms with van der Waals surface area (Å²) in [6, 6.07) is 14.0. The van der Waals surface area contributed by atoms with E-state index in [-0.39, 0.29) is 24.3 Å². The molecule has 102 valence electrons. The molecule has 1 heterocycles. The van der Waals surface area contributed by atoms with Gasteiger partial charge in [-0.3, -0.25) is 0 Å². The fourth-order valence-electron chi connectivity index (χ4n) is 2.38. The number of para-hydroxylation sites is 1. The van der Waals surface area contributed by atoms with Crippen molar-refractivity contribution < 1.29 is 7.13 Å². The molecule has 3 heteroatoms. The lowest BCUT2D eigenvalue weighted by Gasteiger charge is -2.30. The number of hydrogen-bond acceptors (Lipinski definition) is 2. The van der Waals surface area contributed by atoms with E-state index >= 15 is 0 Å². The Morgan fingerprint density at radius 2 is 1.75 bits per heavy atom. The molecule has 0 spiro atoms. The molecule has 0 aromatic heterocycles. The molecule has 3 rings (SSSR count). The van der Waals surface area contributed by atoms with Gasteiger partial charge in [0.1, 0.15) is 12.0 Å². The lowest BCUT2D eigenvalue weighted by atomic mass is 10.1. The lowest BCUT2D eigenvalue weighted by Crippen LogP contribution is -2.36. The maximum absolute atomic E-state index is 13.6. The maximum Gasteiger partial charge on any atom is 0.125 e. The molecule has 0 radical (unpaired) electrons. The van der Waals surface area contributed by atoms with Crippen molar-refractivity contribution in [1.82, 2.24) is 0 Å². The Bertz CT molecular complexity index is 731. The van der Waals surface area contributed by atoms with Gasteiger partial charge < -0.3 is 9.80 Å². The van der Waals surface area contributed by atoms with Gasteiger partial charge in [-0.05, 0) is 43.7 Å². The maximum atomic E-state index is 13.6. The summed E-state index contributed by atoms with van der Waals surface area (Å²) in [4.78, 5) is 3.46. The Hall–Kier alpha value is -2.29. The number of halogens is 1. The highest BCUT2D eigenvalue weighted by atomic mass is 19.1. The molecule has 20 heavy (non-hydrogen) atoms. The molecule has 0 N–H and O–H groups in total. The minimum Gasteiger partial charge on any atom is -0.326 e. The van der Waals surface area contributed by atoms with E-state index in [4.69, 9.17) is 2.74 Å². The largest absolute Gasteiger partial charge is 0.326 e. The number of hydrogen-bond donors (Lipinski definition) is 0. The van der Waals surface area contributed by atoms with E-state index in [2.05, 4.69) is 0 Å². The second-order valence-electron chi connectivity index (χ2n) is 4.86. The predicted octanol–water partition coefficient (Wildman–Crippen LogP) is 4.28. The second-order valence-corrected chi connectivity index (χ2v) is 4.86. The third-order valence-electron chi connectivity index (χ3n) is 3.50. The fraction of sp³-hybridized carbons (Fsp3) is 0.176. The molecule has 2 nitrogen and oxygen atoms in total. The van der Waals surface area contributed by atoms with Crippen molar-refractivity contribution >= 4 is 11.4 Å². The van der Waals surface area contributed by atoms with E-state index in [1.165, 1.54) is 12.1 Å². The van der Waals surface area contributed by atoms with Crippen LogP contribution in [0, 0.1) is 12.7 Å². The van der Waals surface area contributed by atoms with Gasteiger partial charge in [-0.25, -0.2) is 4.39 Å². The van der Waals surface area contributed by atoms with E-state index < -0.39 is 0 Å². The van der Waals surface area contributed by atoms with Crippen molar-refractivity contribution in [2.75, 3.05) is 9.80 Å². The van der Waals surface area contributed by atoms with Gasteiger partial charge >= 0.3 is 0 Å². The Balaban J connectivity index is 2.07. The third-order valence-corrected chi connectivity index (χ3v) is 3.50. The molecule has 0 saturated heterocycles. The van der Waals surface area contributed by atoms with Gasteiger partial charge in [0.25, 0.3) is 0 Å². The summed E-state index contributed by atoms with van der Waals surface area (Å²) in [5.74, 6) is -0.342. The quantitative estimate of drug-likeness (QED) is 0.803. The zero-order valence-electron chi connectivity index (χ0n) is 13.5. The summed E-state index contributed by atoms with van der Waals surface area (Å²) >= 11 is 0. The Morgan fingerprint density at radius 3 is 2.50 bits per heavy atom. The molecule has 0 bridgehead atoms. The third kappa shape index (κ3) is 2.16. The van der Waals surface area contributed by atoms with Crippen LogP contribution in [0.2, 0.25) is 0 Å². The summed E-state index contributed by atoms with van der Waals surface area (Å²) in [6.07, 6.45) is -0.0738. The van der Waals surface area contributed by atoms with Gasteiger partial charge in [0.05, 0.1) is 2.74 Å². The van der Waals surface area contributed by atoms with Gasteiger partial charge in [0, 0.05) is 23.7 Å². The first-order valence-corrected chi connectivity index (χ1v) is 6.58. The summed E-state index contributed by atoms with van der Waals surface area (Å²) in [5, 5.41) is 0. The van der Waals surface area contributed by atoms with Crippen LogP contribution in [0.15, 0.2) is 60.9 Å². The topological polar surface area (TPSA) is 6.48 Å². The monoisotopic (exact) mass is 270 g/mol. The van der Waals surface area contributed by atoms with E-state index in [9.17, 15) is 4.39 Å². The molecule has 0 aliphatic carbocycles.